The molecule has 0 aromatic heterocycles. The highest BCUT2D eigenvalue weighted by atomic mass is 32.2. The van der Waals surface area contributed by atoms with Gasteiger partial charge in [0, 0.05) is 17.5 Å². The highest BCUT2D eigenvalue weighted by Gasteiger charge is 2.64. The molecule has 3 N–H and O–H groups in total. The Morgan fingerprint density at radius 1 is 1.14 bits per heavy atom. The van der Waals surface area contributed by atoms with E-state index >= 15 is 0 Å². The highest BCUT2D eigenvalue weighted by Crippen LogP contribution is 2.72. The first kappa shape index (κ1) is 21.0. The molecule has 28 heavy (non-hydrogen) atoms. The molecule has 5 heteroatoms. The lowest BCUT2D eigenvalue weighted by molar-refractivity contribution is 0.412. The lowest BCUT2D eigenvalue weighted by Crippen LogP contribution is -2.09. The Kier molecular flexibility index (Phi) is 6.89. The Labute approximate surface area is 172 Å². The minimum Gasteiger partial charge on any atom is -0.494 e. The van der Waals surface area contributed by atoms with E-state index in [1.165, 1.54) is 55.3 Å². The number of benzene rings is 2. The SMILES string of the molecule is CC.COc1cc(F)ccc1NCC1C(c2ccc(SN)cc2)C12CCCC2. The summed E-state index contributed by atoms with van der Waals surface area (Å²) in [4.78, 5) is 1.10. The van der Waals surface area contributed by atoms with Crippen LogP contribution >= 0.6 is 11.9 Å². The normalized spacial score (nSPS) is 21.8. The predicted octanol–water partition coefficient (Wildman–Crippen LogP) is 6.21. The summed E-state index contributed by atoms with van der Waals surface area (Å²) in [5.74, 6) is 1.49. The Bertz CT molecular complexity index is 775. The summed E-state index contributed by atoms with van der Waals surface area (Å²) in [6.45, 7) is 4.89. The number of nitrogens with two attached hydrogens (primary N) is 1. The van der Waals surface area contributed by atoms with Gasteiger partial charge in [-0.3, -0.25) is 5.14 Å². The number of halogens is 1. The van der Waals surface area contributed by atoms with E-state index in [9.17, 15) is 4.39 Å². The monoisotopic (exact) mass is 402 g/mol. The van der Waals surface area contributed by atoms with Crippen LogP contribution in [0.25, 0.3) is 0 Å². The number of hydrogen-bond donors (Lipinski definition) is 2. The van der Waals surface area contributed by atoms with Gasteiger partial charge >= 0.3 is 0 Å². The Morgan fingerprint density at radius 3 is 2.43 bits per heavy atom. The highest BCUT2D eigenvalue weighted by molar-refractivity contribution is 7.97. The lowest BCUT2D eigenvalue weighted by atomic mass is 9.97. The van der Waals surface area contributed by atoms with E-state index in [-0.39, 0.29) is 5.82 Å². The van der Waals surface area contributed by atoms with Gasteiger partial charge in [-0.25, -0.2) is 4.39 Å². The van der Waals surface area contributed by atoms with E-state index in [1.807, 2.05) is 13.8 Å². The van der Waals surface area contributed by atoms with Gasteiger partial charge in [-0.05, 0) is 71.9 Å². The van der Waals surface area contributed by atoms with Crippen LogP contribution < -0.4 is 15.2 Å². The summed E-state index contributed by atoms with van der Waals surface area (Å²) in [6, 6.07) is 13.4. The van der Waals surface area contributed by atoms with Crippen LogP contribution in [0.15, 0.2) is 47.4 Å². The fourth-order valence-corrected chi connectivity index (χ4v) is 5.26. The molecule has 0 heterocycles. The second-order valence-corrected chi connectivity index (χ2v) is 8.14. The molecule has 2 saturated carbocycles. The van der Waals surface area contributed by atoms with Crippen molar-refractivity contribution < 1.29 is 9.13 Å². The summed E-state index contributed by atoms with van der Waals surface area (Å²) in [5, 5.41) is 9.16. The fraction of sp³-hybridized carbons (Fsp3) is 0.478. The van der Waals surface area contributed by atoms with Gasteiger partial charge in [0.2, 0.25) is 0 Å². The predicted molar refractivity (Wildman–Crippen MR) is 116 cm³/mol. The third-order valence-electron chi connectivity index (χ3n) is 6.24. The first-order valence-electron chi connectivity index (χ1n) is 10.2. The molecule has 2 aliphatic carbocycles. The van der Waals surface area contributed by atoms with Crippen LogP contribution in [-0.2, 0) is 0 Å². The van der Waals surface area contributed by atoms with Crippen LogP contribution in [0.3, 0.4) is 0 Å². The van der Waals surface area contributed by atoms with E-state index < -0.39 is 0 Å². The molecule has 0 radical (unpaired) electrons. The van der Waals surface area contributed by atoms with Crippen molar-refractivity contribution in [2.45, 2.75) is 50.3 Å². The van der Waals surface area contributed by atoms with E-state index in [0.29, 0.717) is 23.0 Å². The maximum atomic E-state index is 13.4. The summed E-state index contributed by atoms with van der Waals surface area (Å²) < 4.78 is 18.7. The minimum atomic E-state index is -0.276. The van der Waals surface area contributed by atoms with Crippen LogP contribution in [0.4, 0.5) is 10.1 Å². The average Bonchev–Trinajstić information content (AvgIpc) is 3.08. The number of ether oxygens (including phenoxy) is 1. The van der Waals surface area contributed by atoms with Gasteiger partial charge in [0.05, 0.1) is 12.8 Å². The van der Waals surface area contributed by atoms with Gasteiger partial charge in [-0.15, -0.1) is 0 Å². The van der Waals surface area contributed by atoms with Crippen molar-refractivity contribution in [2.75, 3.05) is 19.0 Å². The van der Waals surface area contributed by atoms with Gasteiger partial charge in [0.25, 0.3) is 0 Å². The molecular weight excluding hydrogens is 371 g/mol. The van der Waals surface area contributed by atoms with Gasteiger partial charge in [-0.2, -0.15) is 0 Å². The third kappa shape index (κ3) is 4.01. The molecule has 152 valence electrons. The van der Waals surface area contributed by atoms with Crippen LogP contribution in [0, 0.1) is 17.2 Å². The van der Waals surface area contributed by atoms with Crippen molar-refractivity contribution >= 4 is 17.6 Å². The van der Waals surface area contributed by atoms with Gasteiger partial charge in [-0.1, -0.05) is 38.8 Å². The number of nitrogens with one attached hydrogen (secondary N) is 1. The van der Waals surface area contributed by atoms with Crippen molar-refractivity contribution in [3.8, 4) is 5.75 Å². The molecule has 2 aromatic carbocycles. The van der Waals surface area contributed by atoms with Crippen molar-refractivity contribution in [1.82, 2.24) is 0 Å². The molecule has 2 atom stereocenters. The number of anilines is 1. The lowest BCUT2D eigenvalue weighted by Gasteiger charge is -2.13. The molecular formula is C23H31FN2OS. The first-order chi connectivity index (χ1) is 13.7. The summed E-state index contributed by atoms with van der Waals surface area (Å²) in [6.07, 6.45) is 5.25. The molecule has 3 nitrogen and oxygen atoms in total. The number of hydrogen-bond acceptors (Lipinski definition) is 4. The quantitative estimate of drug-likeness (QED) is 0.564. The topological polar surface area (TPSA) is 47.3 Å². The fourth-order valence-electron chi connectivity index (χ4n) is 4.96. The second-order valence-electron chi connectivity index (χ2n) is 7.44. The van der Waals surface area contributed by atoms with Crippen molar-refractivity contribution in [1.29, 1.82) is 0 Å². The molecule has 0 saturated heterocycles. The summed E-state index contributed by atoms with van der Waals surface area (Å²) in [5.41, 5.74) is 2.71. The van der Waals surface area contributed by atoms with Crippen LogP contribution in [0.1, 0.15) is 51.0 Å². The third-order valence-corrected chi connectivity index (χ3v) is 6.78. The van der Waals surface area contributed by atoms with Gasteiger partial charge < -0.3 is 10.1 Å². The average molecular weight is 403 g/mol. The zero-order chi connectivity index (χ0) is 20.1. The molecule has 2 aliphatic rings. The van der Waals surface area contributed by atoms with E-state index in [1.54, 1.807) is 13.2 Å². The van der Waals surface area contributed by atoms with E-state index in [4.69, 9.17) is 9.88 Å². The standard InChI is InChI=1S/C21H25FN2OS.C2H6/c1-25-19-12-15(22)6-9-18(19)24-13-17-20(21(17)10-2-3-11-21)14-4-7-16(26-23)8-5-14;1-2/h4-9,12,17,20,24H,2-3,10-11,13,23H2,1H3;1-2H3. The first-order valence-corrected chi connectivity index (χ1v) is 11.1. The Morgan fingerprint density at radius 2 is 1.82 bits per heavy atom. The summed E-state index contributed by atoms with van der Waals surface area (Å²) >= 11 is 1.29. The zero-order valence-electron chi connectivity index (χ0n) is 17.0. The smallest absolute Gasteiger partial charge is 0.144 e. The van der Waals surface area contributed by atoms with E-state index in [0.717, 1.165) is 17.1 Å². The van der Waals surface area contributed by atoms with Crippen molar-refractivity contribution in [2.24, 2.45) is 16.5 Å². The molecule has 2 aromatic rings. The van der Waals surface area contributed by atoms with Crippen LogP contribution in [0.2, 0.25) is 0 Å². The molecule has 0 bridgehead atoms. The van der Waals surface area contributed by atoms with Gasteiger partial charge in [0.1, 0.15) is 11.6 Å². The minimum absolute atomic E-state index is 0.276. The maximum Gasteiger partial charge on any atom is 0.144 e. The molecule has 0 amide bonds. The van der Waals surface area contributed by atoms with Crippen LogP contribution in [-0.4, -0.2) is 13.7 Å². The maximum absolute atomic E-state index is 13.4. The zero-order valence-corrected chi connectivity index (χ0v) is 17.8. The number of methoxy groups -OCH3 is 1. The second kappa shape index (κ2) is 9.19. The van der Waals surface area contributed by atoms with Crippen molar-refractivity contribution in [3.05, 3.63) is 53.8 Å². The summed E-state index contributed by atoms with van der Waals surface area (Å²) in [7, 11) is 1.58. The van der Waals surface area contributed by atoms with Gasteiger partial charge in [0.15, 0.2) is 0 Å². The molecule has 2 unspecified atom stereocenters. The van der Waals surface area contributed by atoms with Crippen molar-refractivity contribution in [3.63, 3.8) is 0 Å². The van der Waals surface area contributed by atoms with Crippen LogP contribution in [0.5, 0.6) is 5.75 Å². The molecule has 1 spiro atoms. The largest absolute Gasteiger partial charge is 0.494 e. The molecule has 2 fully saturated rings. The molecule has 4 rings (SSSR count). The van der Waals surface area contributed by atoms with E-state index in [2.05, 4.69) is 29.6 Å². The number of rotatable bonds is 6. The molecule has 0 aliphatic heterocycles. The Balaban J connectivity index is 0.00000109. The Hall–Kier alpha value is -1.72.